The predicted octanol–water partition coefficient (Wildman–Crippen LogP) is -1.53. The Bertz CT molecular complexity index is 320. The summed E-state index contributed by atoms with van der Waals surface area (Å²) in [7, 11) is 0. The second-order valence-electron chi connectivity index (χ2n) is 3.41. The first-order valence-corrected chi connectivity index (χ1v) is 4.76. The van der Waals surface area contributed by atoms with Gasteiger partial charge in [-0.15, -0.1) is 0 Å². The molecule has 4 N–H and O–H groups in total. The summed E-state index contributed by atoms with van der Waals surface area (Å²) in [6, 6.07) is 3.15. The molecule has 0 fully saturated rings. The van der Waals surface area contributed by atoms with Crippen LogP contribution >= 0.6 is 0 Å². The van der Waals surface area contributed by atoms with Gasteiger partial charge in [-0.1, -0.05) is 0 Å². The van der Waals surface area contributed by atoms with Crippen LogP contribution in [-0.4, -0.2) is 51.1 Å². The summed E-state index contributed by atoms with van der Waals surface area (Å²) in [6.45, 7) is -0.730. The van der Waals surface area contributed by atoms with Gasteiger partial charge in [-0.2, -0.15) is 0 Å². The third-order valence-corrected chi connectivity index (χ3v) is 2.16. The molecule has 0 aliphatic carbocycles. The van der Waals surface area contributed by atoms with E-state index in [0.29, 0.717) is 5.76 Å². The largest absolute Gasteiger partial charge is 0.469 e. The molecule has 16 heavy (non-hydrogen) atoms. The van der Waals surface area contributed by atoms with Crippen molar-refractivity contribution >= 4 is 5.78 Å². The van der Waals surface area contributed by atoms with Crippen molar-refractivity contribution in [2.75, 3.05) is 6.61 Å². The second-order valence-corrected chi connectivity index (χ2v) is 3.41. The minimum Gasteiger partial charge on any atom is -0.469 e. The van der Waals surface area contributed by atoms with Gasteiger partial charge in [0.25, 0.3) is 0 Å². The summed E-state index contributed by atoms with van der Waals surface area (Å²) in [6.07, 6.45) is -3.78. The van der Waals surface area contributed by atoms with Crippen LogP contribution in [0.2, 0.25) is 0 Å². The van der Waals surface area contributed by atoms with Crippen molar-refractivity contribution in [2.24, 2.45) is 0 Å². The molecule has 1 aromatic rings. The summed E-state index contributed by atoms with van der Waals surface area (Å²) < 4.78 is 4.90. The number of carbonyl (C=O) groups excluding carboxylic acids is 1. The Hall–Kier alpha value is -1.21. The third kappa shape index (κ3) is 3.14. The Morgan fingerprint density at radius 3 is 2.56 bits per heavy atom. The van der Waals surface area contributed by atoms with Crippen molar-refractivity contribution in [2.45, 2.75) is 24.7 Å². The van der Waals surface area contributed by atoms with Crippen molar-refractivity contribution < 1.29 is 29.6 Å². The number of aliphatic hydroxyl groups excluding tert-OH is 4. The van der Waals surface area contributed by atoms with Crippen LogP contribution in [0.4, 0.5) is 0 Å². The topological polar surface area (TPSA) is 111 Å². The normalized spacial score (nSPS) is 16.8. The minimum atomic E-state index is -1.74. The van der Waals surface area contributed by atoms with Crippen LogP contribution in [0.15, 0.2) is 22.8 Å². The average Bonchev–Trinajstić information content (AvgIpc) is 2.78. The molecule has 0 saturated carbocycles. The van der Waals surface area contributed by atoms with E-state index in [9.17, 15) is 15.0 Å². The summed E-state index contributed by atoms with van der Waals surface area (Å²) in [5.41, 5.74) is 0. The van der Waals surface area contributed by atoms with Crippen LogP contribution in [0.3, 0.4) is 0 Å². The highest BCUT2D eigenvalue weighted by atomic mass is 16.4. The van der Waals surface area contributed by atoms with E-state index >= 15 is 0 Å². The Labute approximate surface area is 91.8 Å². The number of rotatable bonds is 6. The molecular weight excluding hydrogens is 216 g/mol. The maximum absolute atomic E-state index is 11.4. The molecule has 0 amide bonds. The van der Waals surface area contributed by atoms with Gasteiger partial charge in [0.2, 0.25) is 0 Å². The first-order chi connectivity index (χ1) is 7.56. The lowest BCUT2D eigenvalue weighted by molar-refractivity contribution is -0.139. The molecule has 0 bridgehead atoms. The summed E-state index contributed by atoms with van der Waals surface area (Å²) >= 11 is 0. The average molecular weight is 230 g/mol. The first-order valence-electron chi connectivity index (χ1n) is 4.76. The number of Topliss-reactive ketones (excluding diaryl/α,β-unsaturated/α-hetero) is 1. The molecule has 0 aromatic carbocycles. The lowest BCUT2D eigenvalue weighted by atomic mass is 10.0. The summed E-state index contributed by atoms with van der Waals surface area (Å²) in [5, 5.41) is 36.2. The second kappa shape index (κ2) is 5.76. The van der Waals surface area contributed by atoms with Crippen LogP contribution in [0.25, 0.3) is 0 Å². The molecule has 1 aromatic heterocycles. The van der Waals surface area contributed by atoms with Crippen LogP contribution in [0, 0.1) is 0 Å². The summed E-state index contributed by atoms with van der Waals surface area (Å²) in [4.78, 5) is 11.4. The van der Waals surface area contributed by atoms with Crippen LogP contribution in [-0.2, 0) is 11.2 Å². The molecule has 0 spiro atoms. The molecule has 3 atom stereocenters. The highest BCUT2D eigenvalue weighted by Crippen LogP contribution is 2.07. The fourth-order valence-electron chi connectivity index (χ4n) is 1.20. The van der Waals surface area contributed by atoms with Gasteiger partial charge in [0, 0.05) is 0 Å². The van der Waals surface area contributed by atoms with E-state index in [1.807, 2.05) is 0 Å². The molecule has 6 nitrogen and oxygen atoms in total. The van der Waals surface area contributed by atoms with Crippen molar-refractivity contribution in [3.8, 4) is 0 Å². The fourth-order valence-corrected chi connectivity index (χ4v) is 1.20. The number of hydrogen-bond acceptors (Lipinski definition) is 6. The van der Waals surface area contributed by atoms with Gasteiger partial charge in [-0.25, -0.2) is 0 Å². The molecule has 0 aliphatic heterocycles. The van der Waals surface area contributed by atoms with E-state index in [1.165, 1.54) is 6.26 Å². The first kappa shape index (κ1) is 12.9. The van der Waals surface area contributed by atoms with Gasteiger partial charge in [0.05, 0.1) is 19.3 Å². The highest BCUT2D eigenvalue weighted by Gasteiger charge is 2.29. The Kier molecular flexibility index (Phi) is 4.63. The Morgan fingerprint density at radius 2 is 2.06 bits per heavy atom. The molecule has 6 heteroatoms. The molecule has 0 saturated heterocycles. The monoisotopic (exact) mass is 230 g/mol. The SMILES string of the molecule is O=C(Cc1ccco1)[C@@H](O)[C@H](O)[C@H](O)CO. The zero-order valence-electron chi connectivity index (χ0n) is 8.48. The number of aliphatic hydroxyl groups is 4. The number of ketones is 1. The molecule has 0 aliphatic rings. The standard InChI is InChI=1S/C10H14O6/c11-5-8(13)10(15)9(14)7(12)4-6-2-1-3-16-6/h1-3,8-11,13-15H,4-5H2/t8-,9-,10-/m1/s1. The van der Waals surface area contributed by atoms with Gasteiger partial charge in [0.15, 0.2) is 5.78 Å². The van der Waals surface area contributed by atoms with Gasteiger partial charge in [-0.3, -0.25) is 4.79 Å². The maximum Gasteiger partial charge on any atom is 0.171 e. The smallest absolute Gasteiger partial charge is 0.171 e. The Morgan fingerprint density at radius 1 is 1.38 bits per heavy atom. The van der Waals surface area contributed by atoms with Gasteiger partial charge < -0.3 is 24.8 Å². The molecule has 1 heterocycles. The van der Waals surface area contributed by atoms with E-state index in [-0.39, 0.29) is 6.42 Å². The van der Waals surface area contributed by atoms with Crippen molar-refractivity contribution in [3.05, 3.63) is 24.2 Å². The Balaban J connectivity index is 2.53. The van der Waals surface area contributed by atoms with E-state index in [0.717, 1.165) is 0 Å². The lowest BCUT2D eigenvalue weighted by Crippen LogP contribution is -2.44. The van der Waals surface area contributed by atoms with E-state index in [1.54, 1.807) is 12.1 Å². The molecule has 0 radical (unpaired) electrons. The van der Waals surface area contributed by atoms with E-state index < -0.39 is 30.7 Å². The molecule has 0 unspecified atom stereocenters. The number of carbonyl (C=O) groups is 1. The lowest BCUT2D eigenvalue weighted by Gasteiger charge is -2.19. The third-order valence-electron chi connectivity index (χ3n) is 2.16. The quantitative estimate of drug-likeness (QED) is 0.471. The molecule has 90 valence electrons. The highest BCUT2D eigenvalue weighted by molar-refractivity contribution is 5.85. The predicted molar refractivity (Wildman–Crippen MR) is 52.5 cm³/mol. The number of furan rings is 1. The van der Waals surface area contributed by atoms with Crippen molar-refractivity contribution in [1.29, 1.82) is 0 Å². The fraction of sp³-hybridized carbons (Fsp3) is 0.500. The minimum absolute atomic E-state index is 0.177. The summed E-state index contributed by atoms with van der Waals surface area (Å²) in [5.74, 6) is -0.329. The van der Waals surface area contributed by atoms with Crippen LogP contribution < -0.4 is 0 Å². The molecule has 1 rings (SSSR count). The number of hydrogen-bond donors (Lipinski definition) is 4. The van der Waals surface area contributed by atoms with Crippen molar-refractivity contribution in [3.63, 3.8) is 0 Å². The molecular formula is C10H14O6. The zero-order chi connectivity index (χ0) is 12.1. The van der Waals surface area contributed by atoms with Gasteiger partial charge >= 0.3 is 0 Å². The van der Waals surface area contributed by atoms with Crippen molar-refractivity contribution in [1.82, 2.24) is 0 Å². The van der Waals surface area contributed by atoms with Crippen LogP contribution in [0.1, 0.15) is 5.76 Å². The van der Waals surface area contributed by atoms with Gasteiger partial charge in [-0.05, 0) is 12.1 Å². The maximum atomic E-state index is 11.4. The zero-order valence-corrected chi connectivity index (χ0v) is 8.48. The van der Waals surface area contributed by atoms with E-state index in [4.69, 9.17) is 14.6 Å². The van der Waals surface area contributed by atoms with E-state index in [2.05, 4.69) is 0 Å². The van der Waals surface area contributed by atoms with Gasteiger partial charge in [0.1, 0.15) is 24.1 Å². The van der Waals surface area contributed by atoms with Crippen LogP contribution in [0.5, 0.6) is 0 Å².